The zero-order chi connectivity index (χ0) is 12.7. The maximum atomic E-state index is 5.32. The molecule has 0 saturated heterocycles. The normalized spacial score (nSPS) is 23.1. The van der Waals surface area contributed by atoms with Crippen molar-refractivity contribution in [3.63, 3.8) is 0 Å². The lowest BCUT2D eigenvalue weighted by atomic mass is 9.73. The van der Waals surface area contributed by atoms with Crippen LogP contribution in [0.3, 0.4) is 0 Å². The molecule has 1 fully saturated rings. The van der Waals surface area contributed by atoms with Crippen LogP contribution < -0.4 is 10.6 Å². The van der Waals surface area contributed by atoms with Gasteiger partial charge in [-0.15, -0.1) is 0 Å². The average molecular weight is 258 g/mol. The van der Waals surface area contributed by atoms with Gasteiger partial charge in [0.05, 0.1) is 0 Å². The van der Waals surface area contributed by atoms with E-state index >= 15 is 0 Å². The van der Waals surface area contributed by atoms with Crippen molar-refractivity contribution in [3.05, 3.63) is 0 Å². The molecule has 0 spiro atoms. The maximum Gasteiger partial charge on any atom is 0.166 e. The van der Waals surface area contributed by atoms with Crippen molar-refractivity contribution in [2.75, 3.05) is 20.3 Å². The van der Waals surface area contributed by atoms with E-state index in [0.717, 1.165) is 24.7 Å². The molecule has 0 aromatic heterocycles. The average Bonchev–Trinajstić information content (AvgIpc) is 2.27. The minimum absolute atomic E-state index is 0.358. The fraction of sp³-hybridized carbons (Fsp3) is 0.923. The lowest BCUT2D eigenvalue weighted by Gasteiger charge is -2.39. The quantitative estimate of drug-likeness (QED) is 0.586. The van der Waals surface area contributed by atoms with Crippen LogP contribution in [0.2, 0.25) is 0 Å². The molecule has 1 rings (SSSR count). The smallest absolute Gasteiger partial charge is 0.166 e. The minimum Gasteiger partial charge on any atom is -0.385 e. The van der Waals surface area contributed by atoms with E-state index < -0.39 is 0 Å². The summed E-state index contributed by atoms with van der Waals surface area (Å²) in [6.45, 7) is 6.33. The van der Waals surface area contributed by atoms with Crippen molar-refractivity contribution in [3.8, 4) is 0 Å². The molecule has 17 heavy (non-hydrogen) atoms. The maximum absolute atomic E-state index is 5.32. The molecular weight excluding hydrogens is 232 g/mol. The fourth-order valence-corrected chi connectivity index (χ4v) is 2.63. The molecule has 1 unspecified atom stereocenters. The monoisotopic (exact) mass is 258 g/mol. The number of nitrogens with one attached hydrogen (secondary N) is 2. The Morgan fingerprint density at radius 1 is 1.41 bits per heavy atom. The third-order valence-corrected chi connectivity index (χ3v) is 3.89. The summed E-state index contributed by atoms with van der Waals surface area (Å²) < 4.78 is 5.00. The number of thiocarbonyl (C=S) groups is 1. The first kappa shape index (κ1) is 14.7. The largest absolute Gasteiger partial charge is 0.385 e. The third-order valence-electron chi connectivity index (χ3n) is 3.62. The van der Waals surface area contributed by atoms with Gasteiger partial charge in [0, 0.05) is 26.3 Å². The number of ether oxygens (including phenoxy) is 1. The summed E-state index contributed by atoms with van der Waals surface area (Å²) in [6, 6.07) is 0.513. The molecule has 0 amide bonds. The number of hydrogen-bond acceptors (Lipinski definition) is 2. The molecule has 4 heteroatoms. The summed E-state index contributed by atoms with van der Waals surface area (Å²) in [4.78, 5) is 0. The van der Waals surface area contributed by atoms with Crippen LogP contribution in [-0.4, -0.2) is 31.4 Å². The summed E-state index contributed by atoms with van der Waals surface area (Å²) in [5.41, 5.74) is 0.358. The highest BCUT2D eigenvalue weighted by Gasteiger charge is 2.32. The molecule has 3 nitrogen and oxygen atoms in total. The van der Waals surface area contributed by atoms with E-state index in [4.69, 9.17) is 17.0 Å². The lowest BCUT2D eigenvalue weighted by molar-refractivity contribution is 0.184. The lowest BCUT2D eigenvalue weighted by Crippen LogP contribution is -2.50. The Kier molecular flexibility index (Phi) is 6.20. The Labute approximate surface area is 111 Å². The van der Waals surface area contributed by atoms with Gasteiger partial charge in [0.25, 0.3) is 0 Å². The molecule has 2 N–H and O–H groups in total. The van der Waals surface area contributed by atoms with E-state index in [2.05, 4.69) is 24.5 Å². The topological polar surface area (TPSA) is 33.3 Å². The number of methoxy groups -OCH3 is 1. The zero-order valence-electron chi connectivity index (χ0n) is 11.3. The molecule has 0 aromatic carbocycles. The van der Waals surface area contributed by atoms with E-state index in [1.165, 1.54) is 25.7 Å². The molecule has 0 bridgehead atoms. The number of hydrogen-bond donors (Lipinski definition) is 2. The van der Waals surface area contributed by atoms with Crippen LogP contribution in [0.1, 0.15) is 46.0 Å². The van der Waals surface area contributed by atoms with Crippen molar-refractivity contribution >= 4 is 17.3 Å². The first-order chi connectivity index (χ1) is 8.06. The van der Waals surface area contributed by atoms with Gasteiger partial charge in [0.15, 0.2) is 5.11 Å². The van der Waals surface area contributed by atoms with Crippen molar-refractivity contribution in [1.29, 1.82) is 0 Å². The van der Waals surface area contributed by atoms with E-state index in [9.17, 15) is 0 Å². The van der Waals surface area contributed by atoms with Crippen LogP contribution >= 0.6 is 12.2 Å². The molecule has 1 saturated carbocycles. The summed E-state index contributed by atoms with van der Waals surface area (Å²) in [6.07, 6.45) is 6.17. The summed E-state index contributed by atoms with van der Waals surface area (Å²) in [5.74, 6) is 0. The molecule has 0 heterocycles. The van der Waals surface area contributed by atoms with E-state index in [1.54, 1.807) is 7.11 Å². The van der Waals surface area contributed by atoms with Crippen molar-refractivity contribution in [2.45, 2.75) is 52.0 Å². The van der Waals surface area contributed by atoms with Gasteiger partial charge in [-0.2, -0.15) is 0 Å². The Hall–Kier alpha value is -0.350. The van der Waals surface area contributed by atoms with Crippen LogP contribution in [0, 0.1) is 5.41 Å². The van der Waals surface area contributed by atoms with Gasteiger partial charge in [-0.3, -0.25) is 0 Å². The van der Waals surface area contributed by atoms with Gasteiger partial charge in [-0.25, -0.2) is 0 Å². The minimum atomic E-state index is 0.358. The van der Waals surface area contributed by atoms with Crippen LogP contribution in [0.4, 0.5) is 0 Å². The zero-order valence-corrected chi connectivity index (χ0v) is 12.2. The van der Waals surface area contributed by atoms with Crippen LogP contribution in [0.25, 0.3) is 0 Å². The molecular formula is C13H26N2OS. The fourth-order valence-electron chi connectivity index (χ4n) is 2.39. The molecule has 1 atom stereocenters. The predicted octanol–water partition coefficient (Wildman–Crippen LogP) is 2.46. The first-order valence-electron chi connectivity index (χ1n) is 6.59. The summed E-state index contributed by atoms with van der Waals surface area (Å²) in [5, 5.41) is 7.50. The van der Waals surface area contributed by atoms with Crippen molar-refractivity contribution in [1.82, 2.24) is 10.6 Å². The number of rotatable bonds is 5. The van der Waals surface area contributed by atoms with Crippen LogP contribution in [0.15, 0.2) is 0 Å². The molecule has 0 radical (unpaired) electrons. The molecule has 1 aliphatic carbocycles. The molecule has 0 aliphatic heterocycles. The molecule has 0 aromatic rings. The van der Waals surface area contributed by atoms with Crippen molar-refractivity contribution < 1.29 is 4.74 Å². The molecule has 100 valence electrons. The SMILES string of the molecule is COCCCNC(=S)NC1CCCCC1(C)C. The van der Waals surface area contributed by atoms with Crippen molar-refractivity contribution in [2.24, 2.45) is 5.41 Å². The second-order valence-corrected chi connectivity index (χ2v) is 5.94. The molecule has 1 aliphatic rings. The van der Waals surface area contributed by atoms with Gasteiger partial charge in [0.1, 0.15) is 0 Å². The highest BCUT2D eigenvalue weighted by atomic mass is 32.1. The van der Waals surface area contributed by atoms with Crippen LogP contribution in [0.5, 0.6) is 0 Å². The van der Waals surface area contributed by atoms with Gasteiger partial charge in [-0.1, -0.05) is 26.7 Å². The van der Waals surface area contributed by atoms with Gasteiger partial charge in [0.2, 0.25) is 0 Å². The predicted molar refractivity (Wildman–Crippen MR) is 76.3 cm³/mol. The van der Waals surface area contributed by atoms with Gasteiger partial charge < -0.3 is 15.4 Å². The van der Waals surface area contributed by atoms with E-state index in [1.807, 2.05) is 0 Å². The summed E-state index contributed by atoms with van der Waals surface area (Å²) in [7, 11) is 1.72. The Morgan fingerprint density at radius 3 is 2.82 bits per heavy atom. The van der Waals surface area contributed by atoms with E-state index in [-0.39, 0.29) is 0 Å². The second kappa shape index (κ2) is 7.17. The highest BCUT2D eigenvalue weighted by Crippen LogP contribution is 2.35. The Morgan fingerprint density at radius 2 is 2.18 bits per heavy atom. The van der Waals surface area contributed by atoms with Crippen LogP contribution in [-0.2, 0) is 4.74 Å². The Bertz CT molecular complexity index is 244. The van der Waals surface area contributed by atoms with Gasteiger partial charge >= 0.3 is 0 Å². The standard InChI is InChI=1S/C13H26N2OS/c1-13(2)8-5-4-7-11(13)15-12(17)14-9-6-10-16-3/h11H,4-10H2,1-3H3,(H2,14,15,17). The summed E-state index contributed by atoms with van der Waals surface area (Å²) >= 11 is 5.32. The second-order valence-electron chi connectivity index (χ2n) is 5.53. The Balaban J connectivity index is 2.24. The van der Waals surface area contributed by atoms with E-state index in [0.29, 0.717) is 11.5 Å². The first-order valence-corrected chi connectivity index (χ1v) is 7.00. The third kappa shape index (κ3) is 5.21. The van der Waals surface area contributed by atoms with Gasteiger partial charge in [-0.05, 0) is 36.9 Å². The highest BCUT2D eigenvalue weighted by molar-refractivity contribution is 7.80.